The molecule has 1 aromatic heterocycles. The zero-order chi connectivity index (χ0) is 15.2. The first-order valence-electron chi connectivity index (χ1n) is 6.28. The molecule has 2 aromatic rings. The van der Waals surface area contributed by atoms with Gasteiger partial charge in [0.1, 0.15) is 23.9 Å². The number of nitrogens with zero attached hydrogens (tertiary/aromatic N) is 1. The molecule has 21 heavy (non-hydrogen) atoms. The van der Waals surface area contributed by atoms with Gasteiger partial charge < -0.3 is 19.9 Å². The summed E-state index contributed by atoms with van der Waals surface area (Å²) >= 11 is 0. The van der Waals surface area contributed by atoms with Crippen molar-refractivity contribution in [1.29, 1.82) is 5.41 Å². The Labute approximate surface area is 123 Å². The molecule has 110 valence electrons. The molecule has 0 aliphatic rings. The molecular formula is C15H17N3O3. The molecule has 0 atom stereocenters. The van der Waals surface area contributed by atoms with E-state index in [1.54, 1.807) is 38.5 Å². The Morgan fingerprint density at radius 1 is 1.14 bits per heavy atom. The van der Waals surface area contributed by atoms with E-state index in [0.717, 1.165) is 5.69 Å². The Morgan fingerprint density at radius 3 is 2.57 bits per heavy atom. The van der Waals surface area contributed by atoms with E-state index in [1.807, 2.05) is 12.1 Å². The number of hydrogen-bond acceptors (Lipinski definition) is 5. The first kappa shape index (κ1) is 14.6. The van der Waals surface area contributed by atoms with Crippen LogP contribution in [0, 0.1) is 5.41 Å². The normalized spacial score (nSPS) is 10.0. The highest BCUT2D eigenvalue weighted by Crippen LogP contribution is 2.23. The van der Waals surface area contributed by atoms with Crippen molar-refractivity contribution in [3.8, 4) is 17.4 Å². The molecule has 0 amide bonds. The van der Waals surface area contributed by atoms with Crippen molar-refractivity contribution in [1.82, 2.24) is 4.98 Å². The van der Waals surface area contributed by atoms with Crippen molar-refractivity contribution in [3.63, 3.8) is 0 Å². The van der Waals surface area contributed by atoms with E-state index in [1.165, 1.54) is 0 Å². The number of nitrogens with two attached hydrogens (primary N) is 1. The summed E-state index contributed by atoms with van der Waals surface area (Å²) in [5, 5.41) is 7.49. The van der Waals surface area contributed by atoms with Gasteiger partial charge in [0.25, 0.3) is 0 Å². The van der Waals surface area contributed by atoms with Crippen LogP contribution >= 0.6 is 0 Å². The van der Waals surface area contributed by atoms with Gasteiger partial charge >= 0.3 is 0 Å². The lowest BCUT2D eigenvalue weighted by atomic mass is 10.2. The molecule has 0 aliphatic carbocycles. The van der Waals surface area contributed by atoms with Gasteiger partial charge in [0.2, 0.25) is 5.88 Å². The lowest BCUT2D eigenvalue weighted by molar-refractivity contribution is 0.296. The second-order valence-electron chi connectivity index (χ2n) is 4.27. The van der Waals surface area contributed by atoms with Gasteiger partial charge in [0.15, 0.2) is 0 Å². The van der Waals surface area contributed by atoms with Crippen molar-refractivity contribution < 1.29 is 14.2 Å². The number of hydrogen-bond donors (Lipinski definition) is 2. The maximum Gasteiger partial charge on any atom is 0.213 e. The van der Waals surface area contributed by atoms with Crippen LogP contribution in [0.15, 0.2) is 36.4 Å². The van der Waals surface area contributed by atoms with Crippen LogP contribution in [-0.2, 0) is 6.61 Å². The van der Waals surface area contributed by atoms with Gasteiger partial charge in [0, 0.05) is 17.7 Å². The van der Waals surface area contributed by atoms with Gasteiger partial charge in [-0.25, -0.2) is 4.98 Å². The van der Waals surface area contributed by atoms with E-state index in [9.17, 15) is 0 Å². The van der Waals surface area contributed by atoms with Crippen LogP contribution in [0.5, 0.6) is 17.4 Å². The highest BCUT2D eigenvalue weighted by molar-refractivity contribution is 5.95. The molecule has 3 N–H and O–H groups in total. The van der Waals surface area contributed by atoms with E-state index >= 15 is 0 Å². The minimum Gasteiger partial charge on any atom is -0.497 e. The molecule has 6 heteroatoms. The Hall–Kier alpha value is -2.76. The van der Waals surface area contributed by atoms with Crippen molar-refractivity contribution in [3.05, 3.63) is 47.7 Å². The van der Waals surface area contributed by atoms with E-state index in [-0.39, 0.29) is 12.4 Å². The van der Waals surface area contributed by atoms with Crippen LogP contribution in [0.2, 0.25) is 0 Å². The fourth-order valence-corrected chi connectivity index (χ4v) is 1.74. The largest absolute Gasteiger partial charge is 0.497 e. The van der Waals surface area contributed by atoms with Gasteiger partial charge in [0.05, 0.1) is 19.9 Å². The molecule has 0 fully saturated rings. The van der Waals surface area contributed by atoms with E-state index in [2.05, 4.69) is 4.98 Å². The van der Waals surface area contributed by atoms with E-state index < -0.39 is 0 Å². The maximum absolute atomic E-state index is 7.49. The highest BCUT2D eigenvalue weighted by atomic mass is 16.5. The molecule has 0 saturated carbocycles. The fourth-order valence-electron chi connectivity index (χ4n) is 1.74. The first-order chi connectivity index (χ1) is 10.1. The van der Waals surface area contributed by atoms with Gasteiger partial charge in [-0.15, -0.1) is 0 Å². The summed E-state index contributed by atoms with van der Waals surface area (Å²) in [6, 6.07) is 10.5. The zero-order valence-corrected chi connectivity index (χ0v) is 11.9. The molecule has 0 spiro atoms. The third kappa shape index (κ3) is 3.85. The van der Waals surface area contributed by atoms with Crippen molar-refractivity contribution in [2.75, 3.05) is 14.2 Å². The average Bonchev–Trinajstić information content (AvgIpc) is 2.52. The number of rotatable bonds is 6. The molecule has 1 heterocycles. The predicted molar refractivity (Wildman–Crippen MR) is 79.1 cm³/mol. The fraction of sp³-hybridized carbons (Fsp3) is 0.200. The Kier molecular flexibility index (Phi) is 4.61. The van der Waals surface area contributed by atoms with Crippen LogP contribution in [-0.4, -0.2) is 25.0 Å². The average molecular weight is 287 g/mol. The third-order valence-electron chi connectivity index (χ3n) is 2.80. The molecular weight excluding hydrogens is 270 g/mol. The lowest BCUT2D eigenvalue weighted by Gasteiger charge is -2.10. The second-order valence-corrected chi connectivity index (χ2v) is 4.27. The molecule has 0 saturated heterocycles. The van der Waals surface area contributed by atoms with Crippen LogP contribution in [0.4, 0.5) is 0 Å². The number of ether oxygens (including phenoxy) is 3. The van der Waals surface area contributed by atoms with Gasteiger partial charge in [-0.05, 0) is 18.2 Å². The Balaban J connectivity index is 2.15. The minimum atomic E-state index is -0.0433. The summed E-state index contributed by atoms with van der Waals surface area (Å²) in [7, 11) is 3.11. The summed E-state index contributed by atoms with van der Waals surface area (Å²) in [5.74, 6) is 1.63. The molecule has 1 aromatic carbocycles. The van der Waals surface area contributed by atoms with Crippen LogP contribution < -0.4 is 19.9 Å². The topological polar surface area (TPSA) is 90.5 Å². The molecule has 0 radical (unpaired) electrons. The molecule has 2 rings (SSSR count). The number of methoxy groups -OCH3 is 2. The van der Waals surface area contributed by atoms with Crippen molar-refractivity contribution >= 4 is 5.84 Å². The van der Waals surface area contributed by atoms with Gasteiger partial charge in [-0.2, -0.15) is 0 Å². The monoisotopic (exact) mass is 287 g/mol. The Bertz CT molecular complexity index is 644. The van der Waals surface area contributed by atoms with E-state index in [4.69, 9.17) is 25.4 Å². The smallest absolute Gasteiger partial charge is 0.213 e. The number of aromatic nitrogens is 1. The number of pyridine rings is 1. The second kappa shape index (κ2) is 6.60. The number of nitrogens with one attached hydrogen (secondary N) is 1. The highest BCUT2D eigenvalue weighted by Gasteiger charge is 2.06. The summed E-state index contributed by atoms with van der Waals surface area (Å²) in [4.78, 5) is 4.26. The number of amidine groups is 1. The molecule has 0 unspecified atom stereocenters. The summed E-state index contributed by atoms with van der Waals surface area (Å²) < 4.78 is 15.9. The van der Waals surface area contributed by atoms with Crippen LogP contribution in [0.25, 0.3) is 0 Å². The van der Waals surface area contributed by atoms with Crippen LogP contribution in [0.3, 0.4) is 0 Å². The third-order valence-corrected chi connectivity index (χ3v) is 2.80. The first-order valence-corrected chi connectivity index (χ1v) is 6.28. The standard InChI is InChI=1S/C15H17N3O3/c1-19-12-6-10(15(16)17)7-13(8-12)21-9-11-4-3-5-14(18-11)20-2/h3-8H,9H2,1-2H3,(H3,16,17). The molecule has 6 nitrogen and oxygen atoms in total. The van der Waals surface area contributed by atoms with Gasteiger partial charge in [-0.1, -0.05) is 6.07 Å². The molecule has 0 bridgehead atoms. The predicted octanol–water partition coefficient (Wildman–Crippen LogP) is 1.96. The van der Waals surface area contributed by atoms with Crippen molar-refractivity contribution in [2.45, 2.75) is 6.61 Å². The van der Waals surface area contributed by atoms with E-state index in [0.29, 0.717) is 22.9 Å². The lowest BCUT2D eigenvalue weighted by Crippen LogP contribution is -2.11. The summed E-state index contributed by atoms with van der Waals surface area (Å²) in [5.41, 5.74) is 6.78. The molecule has 0 aliphatic heterocycles. The number of nitrogen functional groups attached to an aromatic ring is 1. The quantitative estimate of drug-likeness (QED) is 0.626. The minimum absolute atomic E-state index is 0.0433. The zero-order valence-electron chi connectivity index (χ0n) is 11.9. The summed E-state index contributed by atoms with van der Waals surface area (Å²) in [6.45, 7) is 0.279. The Morgan fingerprint density at radius 2 is 1.90 bits per heavy atom. The maximum atomic E-state index is 7.49. The summed E-state index contributed by atoms with van der Waals surface area (Å²) in [6.07, 6.45) is 0. The van der Waals surface area contributed by atoms with Crippen molar-refractivity contribution in [2.24, 2.45) is 5.73 Å². The number of benzene rings is 1. The van der Waals surface area contributed by atoms with Crippen LogP contribution in [0.1, 0.15) is 11.3 Å². The van der Waals surface area contributed by atoms with Gasteiger partial charge in [-0.3, -0.25) is 5.41 Å². The SMILES string of the molecule is COc1cc(OCc2cccc(OC)n2)cc(C(=N)N)c1.